The van der Waals surface area contributed by atoms with Crippen LogP contribution in [0.2, 0.25) is 0 Å². The zero-order chi connectivity index (χ0) is 20.3. The summed E-state index contributed by atoms with van der Waals surface area (Å²) in [6.45, 7) is 6.28. The monoisotopic (exact) mass is 393 g/mol. The average Bonchev–Trinajstić information content (AvgIpc) is 3.09. The van der Waals surface area contributed by atoms with Crippen LogP contribution in [0.15, 0.2) is 30.5 Å². The van der Waals surface area contributed by atoms with Crippen molar-refractivity contribution in [2.24, 2.45) is 17.8 Å². The predicted molar refractivity (Wildman–Crippen MR) is 112 cm³/mol. The molecule has 1 heterocycles. The Labute approximate surface area is 172 Å². The first-order valence-corrected chi connectivity index (χ1v) is 11.0. The Morgan fingerprint density at radius 1 is 1.24 bits per heavy atom. The first-order valence-electron chi connectivity index (χ1n) is 11.0. The van der Waals surface area contributed by atoms with Gasteiger partial charge in [0.15, 0.2) is 0 Å². The minimum Gasteiger partial charge on any atom is -0.390 e. The van der Waals surface area contributed by atoms with Crippen LogP contribution in [0, 0.1) is 24.7 Å². The molecule has 2 aromatic rings. The van der Waals surface area contributed by atoms with Crippen LogP contribution in [0.5, 0.6) is 0 Å². The van der Waals surface area contributed by atoms with Crippen molar-refractivity contribution in [3.8, 4) is 5.69 Å². The Kier molecular flexibility index (Phi) is 4.35. The van der Waals surface area contributed by atoms with E-state index in [1.165, 1.54) is 5.56 Å². The van der Waals surface area contributed by atoms with Crippen molar-refractivity contribution in [2.75, 3.05) is 0 Å². The van der Waals surface area contributed by atoms with E-state index in [2.05, 4.69) is 43.3 Å². The maximum absolute atomic E-state index is 13.3. The molecule has 4 aliphatic carbocycles. The second-order valence-corrected chi connectivity index (χ2v) is 10.0. The third-order valence-corrected chi connectivity index (χ3v) is 7.38. The van der Waals surface area contributed by atoms with Gasteiger partial charge in [0.1, 0.15) is 0 Å². The molecule has 1 amide bonds. The highest BCUT2D eigenvalue weighted by molar-refractivity contribution is 5.95. The maximum Gasteiger partial charge on any atom is 0.255 e. The van der Waals surface area contributed by atoms with Gasteiger partial charge in [0, 0.05) is 6.04 Å². The summed E-state index contributed by atoms with van der Waals surface area (Å²) >= 11 is 0. The van der Waals surface area contributed by atoms with Gasteiger partial charge >= 0.3 is 0 Å². The van der Waals surface area contributed by atoms with Crippen LogP contribution in [0.4, 0.5) is 0 Å². The number of aryl methyl sites for hydroxylation is 1. The van der Waals surface area contributed by atoms with Crippen LogP contribution in [-0.2, 0) is 0 Å². The molecule has 5 nitrogen and oxygen atoms in total. The van der Waals surface area contributed by atoms with Gasteiger partial charge in [0.05, 0.1) is 28.7 Å². The zero-order valence-electron chi connectivity index (χ0n) is 17.6. The smallest absolute Gasteiger partial charge is 0.255 e. The first kappa shape index (κ1) is 18.9. The van der Waals surface area contributed by atoms with Crippen LogP contribution in [0.3, 0.4) is 0 Å². The summed E-state index contributed by atoms with van der Waals surface area (Å²) in [5.41, 5.74) is 3.32. The lowest BCUT2D eigenvalue weighted by Crippen LogP contribution is -2.61. The molecule has 2 unspecified atom stereocenters. The molecule has 0 spiro atoms. The van der Waals surface area contributed by atoms with Gasteiger partial charge < -0.3 is 10.4 Å². The molecule has 1 aromatic heterocycles. The number of nitrogens with zero attached hydrogens (tertiary/aromatic N) is 2. The van der Waals surface area contributed by atoms with Gasteiger partial charge in [0.2, 0.25) is 0 Å². The maximum atomic E-state index is 13.3. The van der Waals surface area contributed by atoms with Crippen LogP contribution in [0.25, 0.3) is 5.69 Å². The normalized spacial score (nSPS) is 32.7. The Hall–Kier alpha value is -2.14. The Morgan fingerprint density at radius 3 is 2.59 bits per heavy atom. The topological polar surface area (TPSA) is 67.2 Å². The van der Waals surface area contributed by atoms with Gasteiger partial charge in [-0.1, -0.05) is 26.0 Å². The molecule has 4 bridgehead atoms. The van der Waals surface area contributed by atoms with Crippen molar-refractivity contribution in [1.29, 1.82) is 0 Å². The number of rotatable bonds is 4. The number of aliphatic hydroxyl groups is 1. The van der Waals surface area contributed by atoms with E-state index in [-0.39, 0.29) is 17.9 Å². The summed E-state index contributed by atoms with van der Waals surface area (Å²) < 4.78 is 1.91. The Morgan fingerprint density at radius 2 is 1.97 bits per heavy atom. The number of aromatic nitrogens is 2. The molecule has 0 saturated heterocycles. The molecule has 1 aromatic carbocycles. The summed E-state index contributed by atoms with van der Waals surface area (Å²) in [6, 6.07) is 8.40. The van der Waals surface area contributed by atoms with E-state index in [0.29, 0.717) is 23.3 Å². The Bertz CT molecular complexity index is 931. The van der Waals surface area contributed by atoms with Gasteiger partial charge in [0.25, 0.3) is 5.91 Å². The fraction of sp³-hybridized carbons (Fsp3) is 0.583. The summed E-state index contributed by atoms with van der Waals surface area (Å²) in [5, 5.41) is 18.8. The van der Waals surface area contributed by atoms with E-state index < -0.39 is 5.60 Å². The molecule has 4 aliphatic rings. The number of benzene rings is 1. The molecule has 154 valence electrons. The largest absolute Gasteiger partial charge is 0.390 e. The van der Waals surface area contributed by atoms with Crippen molar-refractivity contribution in [2.45, 2.75) is 70.4 Å². The number of amides is 1. The van der Waals surface area contributed by atoms with Crippen molar-refractivity contribution in [3.05, 3.63) is 47.3 Å². The van der Waals surface area contributed by atoms with Crippen molar-refractivity contribution in [3.63, 3.8) is 0 Å². The number of carbonyl (C=O) groups is 1. The number of hydrogen-bond donors (Lipinski definition) is 2. The SMILES string of the molecule is Cc1cccc(-n2ncc(C(=O)NC3C4CC5CC3CC(O)(C5)C4)c2C(C)C)c1. The Balaban J connectivity index is 1.42. The van der Waals surface area contributed by atoms with E-state index in [1.807, 2.05) is 16.8 Å². The van der Waals surface area contributed by atoms with Crippen LogP contribution >= 0.6 is 0 Å². The van der Waals surface area contributed by atoms with Crippen LogP contribution in [0.1, 0.15) is 73.5 Å². The molecule has 0 aliphatic heterocycles. The molecule has 6 rings (SSSR count). The predicted octanol–water partition coefficient (Wildman–Crippen LogP) is 3.97. The van der Waals surface area contributed by atoms with E-state index in [9.17, 15) is 9.90 Å². The lowest BCUT2D eigenvalue weighted by Gasteiger charge is -2.58. The van der Waals surface area contributed by atoms with Crippen LogP contribution in [-0.4, -0.2) is 32.4 Å². The number of hydrogen-bond acceptors (Lipinski definition) is 3. The lowest BCUT2D eigenvalue weighted by molar-refractivity contribution is -0.136. The fourth-order valence-electron chi connectivity index (χ4n) is 6.50. The standard InChI is InChI=1S/C24H31N3O2/c1-14(2)22-20(13-25-27(22)19-6-4-5-15(3)7-19)23(28)26-21-17-8-16-9-18(21)12-24(29,10-16)11-17/h4-7,13-14,16-18,21,29H,8-12H2,1-3H3,(H,26,28). The van der Waals surface area contributed by atoms with Gasteiger partial charge in [-0.2, -0.15) is 5.10 Å². The highest BCUT2D eigenvalue weighted by Gasteiger charge is 2.55. The summed E-state index contributed by atoms with van der Waals surface area (Å²) in [5.74, 6) is 1.62. The van der Waals surface area contributed by atoms with E-state index in [1.54, 1.807) is 6.20 Å². The van der Waals surface area contributed by atoms with Gasteiger partial charge in [-0.05, 0) is 80.4 Å². The molecular formula is C24H31N3O2. The van der Waals surface area contributed by atoms with E-state index >= 15 is 0 Å². The quantitative estimate of drug-likeness (QED) is 0.826. The number of nitrogens with one attached hydrogen (secondary N) is 1. The van der Waals surface area contributed by atoms with Crippen LogP contribution < -0.4 is 5.32 Å². The highest BCUT2D eigenvalue weighted by Crippen LogP contribution is 2.55. The van der Waals surface area contributed by atoms with Gasteiger partial charge in [-0.15, -0.1) is 0 Å². The molecule has 4 fully saturated rings. The van der Waals surface area contributed by atoms with Crippen molar-refractivity contribution in [1.82, 2.24) is 15.1 Å². The molecule has 2 N–H and O–H groups in total. The summed E-state index contributed by atoms with van der Waals surface area (Å²) in [6.07, 6.45) is 6.64. The van der Waals surface area contributed by atoms with E-state index in [0.717, 1.165) is 43.5 Å². The van der Waals surface area contributed by atoms with Crippen molar-refractivity contribution < 1.29 is 9.90 Å². The van der Waals surface area contributed by atoms with Gasteiger partial charge in [-0.3, -0.25) is 4.79 Å². The minimum absolute atomic E-state index is 0.0166. The highest BCUT2D eigenvalue weighted by atomic mass is 16.3. The molecule has 2 atom stereocenters. The fourth-order valence-corrected chi connectivity index (χ4v) is 6.50. The van der Waals surface area contributed by atoms with Gasteiger partial charge in [-0.25, -0.2) is 4.68 Å². The second kappa shape index (κ2) is 6.69. The molecule has 29 heavy (non-hydrogen) atoms. The molecule has 4 saturated carbocycles. The summed E-state index contributed by atoms with van der Waals surface area (Å²) in [4.78, 5) is 13.3. The molecular weight excluding hydrogens is 362 g/mol. The average molecular weight is 394 g/mol. The third-order valence-electron chi connectivity index (χ3n) is 7.38. The third kappa shape index (κ3) is 3.20. The number of carbonyl (C=O) groups excluding carboxylic acids is 1. The minimum atomic E-state index is -0.475. The second-order valence-electron chi connectivity index (χ2n) is 10.0. The molecule has 5 heteroatoms. The van der Waals surface area contributed by atoms with E-state index in [4.69, 9.17) is 0 Å². The zero-order valence-corrected chi connectivity index (χ0v) is 17.6. The summed E-state index contributed by atoms with van der Waals surface area (Å²) in [7, 11) is 0. The first-order chi connectivity index (χ1) is 13.8. The van der Waals surface area contributed by atoms with Crippen molar-refractivity contribution >= 4 is 5.91 Å². The lowest BCUT2D eigenvalue weighted by atomic mass is 9.52. The molecule has 0 radical (unpaired) electrons.